The van der Waals surface area contributed by atoms with Gasteiger partial charge in [0.05, 0.1) is 6.04 Å². The van der Waals surface area contributed by atoms with E-state index >= 15 is 0 Å². The summed E-state index contributed by atoms with van der Waals surface area (Å²) < 4.78 is 0. The van der Waals surface area contributed by atoms with Crippen LogP contribution in [0.4, 0.5) is 4.79 Å². The lowest BCUT2D eigenvalue weighted by molar-refractivity contribution is -0.140. The molecular formula is C20H26N4O3. The number of hydrogen-bond donors (Lipinski definition) is 1. The lowest BCUT2D eigenvalue weighted by atomic mass is 10.0. The Morgan fingerprint density at radius 2 is 1.74 bits per heavy atom. The summed E-state index contributed by atoms with van der Waals surface area (Å²) in [6.07, 6.45) is 3.10. The molecule has 0 spiro atoms. The van der Waals surface area contributed by atoms with E-state index in [1.807, 2.05) is 30.3 Å². The van der Waals surface area contributed by atoms with E-state index in [0.29, 0.717) is 19.4 Å². The molecule has 4 amide bonds. The maximum absolute atomic E-state index is 13.3. The van der Waals surface area contributed by atoms with Crippen LogP contribution >= 0.6 is 0 Å². The second kappa shape index (κ2) is 6.87. The van der Waals surface area contributed by atoms with Crippen LogP contribution in [0.3, 0.4) is 0 Å². The number of carbonyl (C=O) groups is 3. The first-order chi connectivity index (χ1) is 13.0. The summed E-state index contributed by atoms with van der Waals surface area (Å²) in [4.78, 5) is 43.8. The summed E-state index contributed by atoms with van der Waals surface area (Å²) in [5.41, 5.74) is 1.01. The second-order valence-corrected chi connectivity index (χ2v) is 7.82. The van der Waals surface area contributed by atoms with E-state index in [-0.39, 0.29) is 29.9 Å². The standard InChI is InChI=1S/C20H26N4O3/c1-22-15-10-11-24(20(27)21-14-8-9-14)17(15)19(26)23(2)16(18(22)25)12-13-6-4-3-5-7-13/h3-7,14-17H,8-12H2,1-2H3,(H,21,27)/t15-,16+,17+/m1/s1. The van der Waals surface area contributed by atoms with Crippen molar-refractivity contribution in [1.82, 2.24) is 20.0 Å². The third-order valence-electron chi connectivity index (χ3n) is 6.00. The number of rotatable bonds is 3. The Morgan fingerprint density at radius 3 is 2.41 bits per heavy atom. The minimum Gasteiger partial charge on any atom is -0.338 e. The quantitative estimate of drug-likeness (QED) is 0.857. The molecule has 0 bridgehead atoms. The van der Waals surface area contributed by atoms with Gasteiger partial charge in [0, 0.05) is 33.1 Å². The number of benzene rings is 1. The molecule has 1 aliphatic carbocycles. The van der Waals surface area contributed by atoms with Crippen molar-refractivity contribution in [2.24, 2.45) is 0 Å². The topological polar surface area (TPSA) is 73.0 Å². The largest absolute Gasteiger partial charge is 0.338 e. The first-order valence-electron chi connectivity index (χ1n) is 9.62. The van der Waals surface area contributed by atoms with Crippen LogP contribution in [-0.4, -0.2) is 77.4 Å². The number of fused-ring (bicyclic) bond motifs is 1. The van der Waals surface area contributed by atoms with Gasteiger partial charge in [-0.3, -0.25) is 9.59 Å². The van der Waals surface area contributed by atoms with E-state index in [9.17, 15) is 14.4 Å². The van der Waals surface area contributed by atoms with Gasteiger partial charge in [-0.1, -0.05) is 30.3 Å². The highest BCUT2D eigenvalue weighted by atomic mass is 16.2. The van der Waals surface area contributed by atoms with Crippen LogP contribution in [0.2, 0.25) is 0 Å². The molecule has 0 radical (unpaired) electrons. The Balaban J connectivity index is 1.59. The van der Waals surface area contributed by atoms with Gasteiger partial charge in [-0.2, -0.15) is 0 Å². The minimum absolute atomic E-state index is 0.0633. The summed E-state index contributed by atoms with van der Waals surface area (Å²) in [6.45, 7) is 0.494. The summed E-state index contributed by atoms with van der Waals surface area (Å²) in [6, 6.07) is 8.35. The normalized spacial score (nSPS) is 28.2. The molecule has 4 rings (SSSR count). The molecule has 3 atom stereocenters. The summed E-state index contributed by atoms with van der Waals surface area (Å²) in [5, 5.41) is 2.97. The number of nitrogens with zero attached hydrogens (tertiary/aromatic N) is 3. The summed E-state index contributed by atoms with van der Waals surface area (Å²) in [5.74, 6) is -0.214. The molecule has 3 aliphatic rings. The predicted octanol–water partition coefficient (Wildman–Crippen LogP) is 0.843. The molecule has 3 fully saturated rings. The first-order valence-corrected chi connectivity index (χ1v) is 9.62. The van der Waals surface area contributed by atoms with Crippen LogP contribution < -0.4 is 5.32 Å². The molecule has 1 N–H and O–H groups in total. The van der Waals surface area contributed by atoms with Crippen molar-refractivity contribution in [3.05, 3.63) is 35.9 Å². The monoisotopic (exact) mass is 370 g/mol. The van der Waals surface area contributed by atoms with Crippen LogP contribution in [0.15, 0.2) is 30.3 Å². The van der Waals surface area contributed by atoms with Crippen molar-refractivity contribution >= 4 is 17.8 Å². The molecule has 1 aromatic carbocycles. The fourth-order valence-electron chi connectivity index (χ4n) is 4.18. The Labute approximate surface area is 159 Å². The lowest BCUT2D eigenvalue weighted by Gasteiger charge is -2.30. The number of carbonyl (C=O) groups excluding carboxylic acids is 3. The van der Waals surface area contributed by atoms with Crippen LogP contribution in [0.5, 0.6) is 0 Å². The number of nitrogens with one attached hydrogen (secondary N) is 1. The number of urea groups is 1. The predicted molar refractivity (Wildman–Crippen MR) is 99.9 cm³/mol. The molecule has 7 nitrogen and oxygen atoms in total. The molecule has 0 aromatic heterocycles. The van der Waals surface area contributed by atoms with Crippen LogP contribution in [-0.2, 0) is 16.0 Å². The fourth-order valence-corrected chi connectivity index (χ4v) is 4.18. The molecule has 144 valence electrons. The van der Waals surface area contributed by atoms with Gasteiger partial charge in [0.25, 0.3) is 0 Å². The van der Waals surface area contributed by atoms with Gasteiger partial charge < -0.3 is 20.0 Å². The van der Waals surface area contributed by atoms with Gasteiger partial charge >= 0.3 is 6.03 Å². The SMILES string of the molecule is CN1C(=O)[C@H](Cc2ccccc2)N(C)C(=O)[C@@H]2[C@H]1CCN2C(=O)NC1CC1. The lowest BCUT2D eigenvalue weighted by Crippen LogP contribution is -2.54. The number of likely N-dealkylation sites (N-methyl/N-ethyl adjacent to an activating group) is 2. The highest BCUT2D eigenvalue weighted by molar-refractivity contribution is 5.95. The van der Waals surface area contributed by atoms with E-state index in [1.165, 1.54) is 0 Å². The molecule has 2 aliphatic heterocycles. The Kier molecular flexibility index (Phi) is 4.53. The minimum atomic E-state index is -0.608. The van der Waals surface area contributed by atoms with Crippen LogP contribution in [0, 0.1) is 0 Å². The molecule has 2 saturated heterocycles. The molecule has 27 heavy (non-hydrogen) atoms. The zero-order valence-electron chi connectivity index (χ0n) is 15.8. The number of amides is 4. The molecular weight excluding hydrogens is 344 g/mol. The summed E-state index contributed by atoms with van der Waals surface area (Å²) in [7, 11) is 3.44. The molecule has 1 aromatic rings. The van der Waals surface area contributed by atoms with Crippen molar-refractivity contribution in [2.45, 2.75) is 49.9 Å². The third kappa shape index (κ3) is 3.26. The number of likely N-dealkylation sites (tertiary alicyclic amines) is 1. The van der Waals surface area contributed by atoms with Gasteiger partial charge in [0.1, 0.15) is 12.1 Å². The molecule has 1 saturated carbocycles. The highest BCUT2D eigenvalue weighted by Gasteiger charge is 2.51. The van der Waals surface area contributed by atoms with E-state index in [2.05, 4.69) is 5.32 Å². The molecule has 0 unspecified atom stereocenters. The average Bonchev–Trinajstić information content (AvgIpc) is 3.38. The Hall–Kier alpha value is -2.57. The van der Waals surface area contributed by atoms with E-state index < -0.39 is 12.1 Å². The smallest absolute Gasteiger partial charge is 0.318 e. The van der Waals surface area contributed by atoms with Gasteiger partial charge in [-0.05, 0) is 24.8 Å². The zero-order chi connectivity index (χ0) is 19.1. The fraction of sp³-hybridized carbons (Fsp3) is 0.550. The van der Waals surface area contributed by atoms with E-state index in [1.54, 1.807) is 28.8 Å². The molecule has 2 heterocycles. The number of hydrogen-bond acceptors (Lipinski definition) is 3. The van der Waals surface area contributed by atoms with Crippen molar-refractivity contribution in [1.29, 1.82) is 0 Å². The highest BCUT2D eigenvalue weighted by Crippen LogP contribution is 2.30. The van der Waals surface area contributed by atoms with E-state index in [4.69, 9.17) is 0 Å². The second-order valence-electron chi connectivity index (χ2n) is 7.82. The zero-order valence-corrected chi connectivity index (χ0v) is 15.8. The average molecular weight is 370 g/mol. The van der Waals surface area contributed by atoms with Gasteiger partial charge in [-0.15, -0.1) is 0 Å². The first kappa shape index (κ1) is 17.8. The van der Waals surface area contributed by atoms with Gasteiger partial charge in [0.15, 0.2) is 0 Å². The van der Waals surface area contributed by atoms with E-state index in [0.717, 1.165) is 18.4 Å². The van der Waals surface area contributed by atoms with Crippen LogP contribution in [0.25, 0.3) is 0 Å². The third-order valence-corrected chi connectivity index (χ3v) is 6.00. The van der Waals surface area contributed by atoms with Crippen molar-refractivity contribution in [3.8, 4) is 0 Å². The Morgan fingerprint density at radius 1 is 1.04 bits per heavy atom. The Bertz CT molecular complexity index is 749. The van der Waals surface area contributed by atoms with Crippen molar-refractivity contribution < 1.29 is 14.4 Å². The van der Waals surface area contributed by atoms with Gasteiger partial charge in [0.2, 0.25) is 11.8 Å². The maximum atomic E-state index is 13.3. The maximum Gasteiger partial charge on any atom is 0.318 e. The van der Waals surface area contributed by atoms with Crippen molar-refractivity contribution in [2.75, 3.05) is 20.6 Å². The van der Waals surface area contributed by atoms with Crippen molar-refractivity contribution in [3.63, 3.8) is 0 Å². The van der Waals surface area contributed by atoms with Crippen LogP contribution in [0.1, 0.15) is 24.8 Å². The molecule has 7 heteroatoms. The van der Waals surface area contributed by atoms with Gasteiger partial charge in [-0.25, -0.2) is 4.79 Å². The summed E-state index contributed by atoms with van der Waals surface area (Å²) >= 11 is 0.